The lowest BCUT2D eigenvalue weighted by molar-refractivity contribution is -0.115. The number of nitrogens with zero attached hydrogens (tertiary/aromatic N) is 2. The van der Waals surface area contributed by atoms with Gasteiger partial charge in [-0.05, 0) is 41.5 Å². The van der Waals surface area contributed by atoms with Gasteiger partial charge in [-0.3, -0.25) is 9.36 Å². The van der Waals surface area contributed by atoms with Crippen LogP contribution >= 0.6 is 0 Å². The van der Waals surface area contributed by atoms with E-state index in [1.807, 2.05) is 0 Å². The molecule has 37 heavy (non-hydrogen) atoms. The molecule has 6 nitrogen and oxygen atoms in total. The molecule has 192 valence electrons. The maximum Gasteiger partial charge on any atom is 0.405 e. The monoisotopic (exact) mass is 515 g/mol. The highest BCUT2D eigenvalue weighted by molar-refractivity contribution is 6.12. The van der Waals surface area contributed by atoms with Gasteiger partial charge in [-0.2, -0.15) is 13.2 Å². The second kappa shape index (κ2) is 10.4. The number of benzene rings is 1. The molecule has 0 amide bonds. The smallest absolute Gasteiger partial charge is 0.393 e. The minimum absolute atomic E-state index is 0.0676. The summed E-state index contributed by atoms with van der Waals surface area (Å²) < 4.78 is 65.2. The SMILES string of the molecule is CN/C=C1/C=C(n2cc3ccc(NCC(F)(F)F)nc3c(-c3ccc(CC(F)F)cc3)c2=O)C=CC1=N. The number of halogens is 5. The van der Waals surface area contributed by atoms with Crippen molar-refractivity contribution in [1.29, 1.82) is 5.41 Å². The minimum Gasteiger partial charge on any atom is -0.393 e. The lowest BCUT2D eigenvalue weighted by Crippen LogP contribution is -2.23. The number of nitrogens with one attached hydrogen (secondary N) is 3. The first-order valence-corrected chi connectivity index (χ1v) is 11.2. The topological polar surface area (TPSA) is 82.8 Å². The summed E-state index contributed by atoms with van der Waals surface area (Å²) >= 11 is 0. The van der Waals surface area contributed by atoms with Gasteiger partial charge in [-0.15, -0.1) is 0 Å². The Labute approximate surface area is 208 Å². The number of anilines is 1. The molecule has 3 N–H and O–H groups in total. The first-order chi connectivity index (χ1) is 17.6. The fourth-order valence-corrected chi connectivity index (χ4v) is 3.90. The van der Waals surface area contributed by atoms with Crippen molar-refractivity contribution < 1.29 is 22.0 Å². The van der Waals surface area contributed by atoms with Crippen molar-refractivity contribution in [3.63, 3.8) is 0 Å². The van der Waals surface area contributed by atoms with Gasteiger partial charge in [0.1, 0.15) is 12.4 Å². The minimum atomic E-state index is -4.46. The number of hydrogen-bond donors (Lipinski definition) is 3. The number of rotatable bonds is 7. The quantitative estimate of drug-likeness (QED) is 0.369. The van der Waals surface area contributed by atoms with Crippen LogP contribution in [-0.4, -0.2) is 41.5 Å². The zero-order valence-corrected chi connectivity index (χ0v) is 19.5. The molecule has 0 spiro atoms. The molecule has 0 bridgehead atoms. The average molecular weight is 515 g/mol. The number of allylic oxidation sites excluding steroid dienone is 5. The summed E-state index contributed by atoms with van der Waals surface area (Å²) in [6.45, 7) is -1.30. The van der Waals surface area contributed by atoms with Gasteiger partial charge < -0.3 is 16.0 Å². The third-order valence-corrected chi connectivity index (χ3v) is 5.58. The summed E-state index contributed by atoms with van der Waals surface area (Å²) in [6, 6.07) is 8.91. The highest BCUT2D eigenvalue weighted by Gasteiger charge is 2.27. The Bertz CT molecular complexity index is 1480. The van der Waals surface area contributed by atoms with Crippen LogP contribution in [0.5, 0.6) is 0 Å². The highest BCUT2D eigenvalue weighted by Crippen LogP contribution is 2.28. The van der Waals surface area contributed by atoms with Crippen LogP contribution in [0.25, 0.3) is 27.7 Å². The number of fused-ring (bicyclic) bond motifs is 1. The Hall–Kier alpha value is -4.28. The van der Waals surface area contributed by atoms with Gasteiger partial charge in [0.2, 0.25) is 6.43 Å². The molecule has 4 rings (SSSR count). The Morgan fingerprint density at radius 1 is 1.11 bits per heavy atom. The van der Waals surface area contributed by atoms with E-state index in [2.05, 4.69) is 15.6 Å². The average Bonchev–Trinajstić information content (AvgIpc) is 2.84. The molecular weight excluding hydrogens is 493 g/mol. The standard InChI is InChI=1S/C26H22F5N5O/c1-33-12-18-11-19(7-8-20(18)32)36-13-17-6-9-22(34-14-26(29,30)31)35-24(17)23(25(36)37)16-4-2-15(3-5-16)10-21(27)28/h2-9,11-13,21,32-33H,10,14H2,1H3,(H,34,35)/b18-12-,32-20?. The van der Waals surface area contributed by atoms with E-state index in [-0.39, 0.29) is 22.6 Å². The van der Waals surface area contributed by atoms with E-state index in [1.54, 1.807) is 31.5 Å². The Kier molecular flexibility index (Phi) is 7.23. The molecule has 11 heteroatoms. The fourth-order valence-electron chi connectivity index (χ4n) is 3.90. The fraction of sp³-hybridized carbons (Fsp3) is 0.192. The number of alkyl halides is 5. The van der Waals surface area contributed by atoms with Gasteiger partial charge in [0, 0.05) is 42.5 Å². The summed E-state index contributed by atoms with van der Waals surface area (Å²) in [6.07, 6.45) is 0.474. The van der Waals surface area contributed by atoms with Crippen molar-refractivity contribution >= 4 is 28.1 Å². The van der Waals surface area contributed by atoms with Crippen LogP contribution in [0, 0.1) is 5.41 Å². The molecule has 0 fully saturated rings. The summed E-state index contributed by atoms with van der Waals surface area (Å²) in [4.78, 5) is 18.1. The first kappa shape index (κ1) is 25.8. The van der Waals surface area contributed by atoms with E-state index in [4.69, 9.17) is 5.41 Å². The lowest BCUT2D eigenvalue weighted by Gasteiger charge is -2.17. The van der Waals surface area contributed by atoms with E-state index in [9.17, 15) is 26.7 Å². The van der Waals surface area contributed by atoms with Crippen LogP contribution in [0.2, 0.25) is 0 Å². The molecule has 0 atom stereocenters. The zero-order chi connectivity index (χ0) is 26.7. The number of hydrogen-bond acceptors (Lipinski definition) is 5. The Morgan fingerprint density at radius 3 is 2.49 bits per heavy atom. The molecule has 0 saturated carbocycles. The second-order valence-corrected chi connectivity index (χ2v) is 8.28. The van der Waals surface area contributed by atoms with Crippen molar-refractivity contribution in [1.82, 2.24) is 14.9 Å². The van der Waals surface area contributed by atoms with E-state index in [1.165, 1.54) is 47.2 Å². The van der Waals surface area contributed by atoms with Crippen LogP contribution in [0.3, 0.4) is 0 Å². The largest absolute Gasteiger partial charge is 0.405 e. The van der Waals surface area contributed by atoms with Gasteiger partial charge in [0.25, 0.3) is 5.56 Å². The number of aromatic nitrogens is 2. The lowest BCUT2D eigenvalue weighted by atomic mass is 10.0. The van der Waals surface area contributed by atoms with Crippen LogP contribution < -0.4 is 16.2 Å². The van der Waals surface area contributed by atoms with E-state index < -0.39 is 31.1 Å². The molecule has 1 aliphatic rings. The Balaban J connectivity index is 1.91. The Morgan fingerprint density at radius 2 is 1.84 bits per heavy atom. The molecule has 2 heterocycles. The molecule has 0 radical (unpaired) electrons. The summed E-state index contributed by atoms with van der Waals surface area (Å²) in [5.74, 6) is -0.0676. The normalized spacial score (nSPS) is 14.9. The third kappa shape index (κ3) is 5.93. The molecular formula is C26H22F5N5O. The van der Waals surface area contributed by atoms with Crippen LogP contribution in [0.1, 0.15) is 5.56 Å². The molecule has 2 aromatic heterocycles. The predicted molar refractivity (Wildman–Crippen MR) is 134 cm³/mol. The van der Waals surface area contributed by atoms with Crippen molar-refractivity contribution in [2.45, 2.75) is 19.0 Å². The predicted octanol–water partition coefficient (Wildman–Crippen LogP) is 5.38. The second-order valence-electron chi connectivity index (χ2n) is 8.28. The van der Waals surface area contributed by atoms with Crippen LogP contribution in [0.15, 0.2) is 77.4 Å². The van der Waals surface area contributed by atoms with E-state index in [0.717, 1.165) is 0 Å². The summed E-state index contributed by atoms with van der Waals surface area (Å²) in [7, 11) is 1.68. The van der Waals surface area contributed by atoms with Crippen molar-refractivity contribution in [2.24, 2.45) is 0 Å². The van der Waals surface area contributed by atoms with Gasteiger partial charge in [0.05, 0.1) is 16.8 Å². The molecule has 0 saturated heterocycles. The number of pyridine rings is 2. The van der Waals surface area contributed by atoms with Crippen molar-refractivity contribution in [3.05, 3.63) is 88.5 Å². The van der Waals surface area contributed by atoms with Crippen LogP contribution in [-0.2, 0) is 6.42 Å². The molecule has 1 aliphatic carbocycles. The van der Waals surface area contributed by atoms with E-state index >= 15 is 0 Å². The van der Waals surface area contributed by atoms with Crippen LogP contribution in [0.4, 0.5) is 27.8 Å². The van der Waals surface area contributed by atoms with Crippen molar-refractivity contribution in [3.8, 4) is 11.1 Å². The highest BCUT2D eigenvalue weighted by atomic mass is 19.4. The maximum atomic E-state index is 13.8. The van der Waals surface area contributed by atoms with Gasteiger partial charge in [-0.25, -0.2) is 13.8 Å². The first-order valence-electron chi connectivity index (χ1n) is 11.2. The van der Waals surface area contributed by atoms with E-state index in [0.29, 0.717) is 27.8 Å². The summed E-state index contributed by atoms with van der Waals surface area (Å²) in [5.41, 5.74) is 1.74. The van der Waals surface area contributed by atoms with Gasteiger partial charge in [0.15, 0.2) is 0 Å². The third-order valence-electron chi connectivity index (χ3n) is 5.58. The zero-order valence-electron chi connectivity index (χ0n) is 19.5. The molecule has 0 aliphatic heterocycles. The maximum absolute atomic E-state index is 13.8. The van der Waals surface area contributed by atoms with Crippen molar-refractivity contribution in [2.75, 3.05) is 18.9 Å². The summed E-state index contributed by atoms with van der Waals surface area (Å²) in [5, 5.41) is 13.6. The van der Waals surface area contributed by atoms with Gasteiger partial charge >= 0.3 is 6.18 Å². The van der Waals surface area contributed by atoms with Gasteiger partial charge in [-0.1, -0.05) is 24.3 Å². The molecule has 0 unspecified atom stereocenters. The molecule has 1 aromatic carbocycles. The molecule has 3 aromatic rings.